The zero-order valence-electron chi connectivity index (χ0n) is 10.4. The van der Waals surface area contributed by atoms with Crippen molar-refractivity contribution in [2.24, 2.45) is 0 Å². The van der Waals surface area contributed by atoms with E-state index in [4.69, 9.17) is 0 Å². The number of rotatable bonds is 2. The number of H-pyrrole nitrogens is 1. The Morgan fingerprint density at radius 3 is 2.89 bits per heavy atom. The number of fused-ring (bicyclic) bond motifs is 1. The summed E-state index contributed by atoms with van der Waals surface area (Å²) in [7, 11) is -3.03. The third-order valence-corrected chi connectivity index (χ3v) is 5.07. The third kappa shape index (κ3) is 2.64. The lowest BCUT2D eigenvalue weighted by Gasteiger charge is -2.28. The minimum absolute atomic E-state index is 0.0808. The Labute approximate surface area is 111 Å². The number of aromatic nitrogens is 1. The molecule has 5 nitrogen and oxygen atoms in total. The molecule has 0 bridgehead atoms. The summed E-state index contributed by atoms with van der Waals surface area (Å²) in [5.41, 5.74) is 1.98. The van der Waals surface area contributed by atoms with Gasteiger partial charge in [-0.15, -0.1) is 0 Å². The molecule has 0 aromatic carbocycles. The normalized spacial score (nSPS) is 28.2. The van der Waals surface area contributed by atoms with Crippen LogP contribution in [0.15, 0.2) is 28.4 Å². The van der Waals surface area contributed by atoms with Crippen molar-refractivity contribution < 1.29 is 8.42 Å². The van der Waals surface area contributed by atoms with E-state index in [0.29, 0.717) is 0 Å². The summed E-state index contributed by atoms with van der Waals surface area (Å²) < 4.78 is 22.8. The fourth-order valence-corrected chi connectivity index (χ4v) is 4.06. The summed E-state index contributed by atoms with van der Waals surface area (Å²) in [6, 6.07) is 3.36. The van der Waals surface area contributed by atoms with Gasteiger partial charge in [0.2, 0.25) is 5.56 Å². The first kappa shape index (κ1) is 12.6. The van der Waals surface area contributed by atoms with Crippen molar-refractivity contribution in [1.29, 1.82) is 0 Å². The lowest BCUT2D eigenvalue weighted by Crippen LogP contribution is -2.36. The summed E-state index contributed by atoms with van der Waals surface area (Å²) >= 11 is 0. The van der Waals surface area contributed by atoms with Crippen molar-refractivity contribution in [2.75, 3.05) is 5.75 Å². The largest absolute Gasteiger partial charge is 0.326 e. The first-order valence-corrected chi connectivity index (χ1v) is 8.14. The van der Waals surface area contributed by atoms with Gasteiger partial charge in [-0.1, -0.05) is 12.1 Å². The summed E-state index contributed by atoms with van der Waals surface area (Å²) in [6.45, 7) is 0. The molecule has 0 fully saturated rings. The van der Waals surface area contributed by atoms with Gasteiger partial charge in [0, 0.05) is 29.3 Å². The van der Waals surface area contributed by atoms with Gasteiger partial charge in [-0.25, -0.2) is 8.42 Å². The second kappa shape index (κ2) is 4.61. The average molecular weight is 280 g/mol. The van der Waals surface area contributed by atoms with E-state index in [2.05, 4.69) is 10.3 Å². The molecule has 6 heteroatoms. The number of hydrogen-bond donors (Lipinski definition) is 2. The Morgan fingerprint density at radius 1 is 1.32 bits per heavy atom. The topological polar surface area (TPSA) is 79.0 Å². The standard InChI is InChI=1S/C13H16N2O3S/c16-13-5-4-10-11(2-1-3-12(10)15-13)14-9-6-7-19(17,18)8-9/h4-7,9,11,14H,1-3,8H2,(H,15,16). The molecule has 2 unspecified atom stereocenters. The Kier molecular flexibility index (Phi) is 3.06. The number of nitrogens with one attached hydrogen (secondary N) is 2. The molecule has 0 saturated heterocycles. The predicted octanol–water partition coefficient (Wildman–Crippen LogP) is 0.653. The number of aryl methyl sites for hydroxylation is 1. The van der Waals surface area contributed by atoms with Crippen LogP contribution in [0.3, 0.4) is 0 Å². The molecule has 1 aliphatic heterocycles. The van der Waals surface area contributed by atoms with Crippen LogP contribution in [0.4, 0.5) is 0 Å². The number of aromatic amines is 1. The molecular weight excluding hydrogens is 264 g/mol. The summed E-state index contributed by atoms with van der Waals surface area (Å²) in [4.78, 5) is 14.2. The second-order valence-corrected chi connectivity index (χ2v) is 7.06. The highest BCUT2D eigenvalue weighted by Gasteiger charge is 2.27. The molecule has 2 aliphatic rings. The smallest absolute Gasteiger partial charge is 0.248 e. The maximum absolute atomic E-state index is 11.4. The quantitative estimate of drug-likeness (QED) is 0.834. The van der Waals surface area contributed by atoms with Gasteiger partial charge in [0.15, 0.2) is 9.84 Å². The molecule has 1 aromatic rings. The van der Waals surface area contributed by atoms with Gasteiger partial charge >= 0.3 is 0 Å². The fraction of sp³-hybridized carbons (Fsp3) is 0.462. The van der Waals surface area contributed by atoms with Crippen molar-refractivity contribution in [2.45, 2.75) is 31.3 Å². The van der Waals surface area contributed by atoms with Gasteiger partial charge in [0.1, 0.15) is 0 Å². The van der Waals surface area contributed by atoms with E-state index in [0.717, 1.165) is 30.5 Å². The van der Waals surface area contributed by atoms with Crippen LogP contribution < -0.4 is 10.9 Å². The van der Waals surface area contributed by atoms with Crippen LogP contribution in [-0.2, 0) is 16.3 Å². The van der Waals surface area contributed by atoms with Crippen LogP contribution in [-0.4, -0.2) is 25.2 Å². The van der Waals surface area contributed by atoms with E-state index in [9.17, 15) is 13.2 Å². The van der Waals surface area contributed by atoms with Crippen molar-refractivity contribution in [3.63, 3.8) is 0 Å². The Morgan fingerprint density at radius 2 is 2.16 bits per heavy atom. The van der Waals surface area contributed by atoms with E-state index in [1.807, 2.05) is 6.07 Å². The van der Waals surface area contributed by atoms with Crippen LogP contribution in [0.2, 0.25) is 0 Å². The van der Waals surface area contributed by atoms with Gasteiger partial charge in [-0.2, -0.15) is 0 Å². The molecule has 2 atom stereocenters. The Balaban J connectivity index is 1.81. The summed E-state index contributed by atoms with van der Waals surface area (Å²) in [6.07, 6.45) is 4.54. The predicted molar refractivity (Wildman–Crippen MR) is 72.6 cm³/mol. The van der Waals surface area contributed by atoms with E-state index < -0.39 is 9.84 Å². The van der Waals surface area contributed by atoms with Crippen molar-refractivity contribution in [1.82, 2.24) is 10.3 Å². The minimum atomic E-state index is -3.03. The van der Waals surface area contributed by atoms with E-state index in [1.54, 1.807) is 6.08 Å². The molecule has 2 heterocycles. The molecule has 0 spiro atoms. The highest BCUT2D eigenvalue weighted by molar-refractivity contribution is 7.94. The van der Waals surface area contributed by atoms with Gasteiger partial charge < -0.3 is 10.3 Å². The van der Waals surface area contributed by atoms with Crippen LogP contribution in [0.5, 0.6) is 0 Å². The Hall–Kier alpha value is -1.40. The molecule has 0 amide bonds. The van der Waals surface area contributed by atoms with E-state index in [1.165, 1.54) is 11.5 Å². The average Bonchev–Trinajstić information content (AvgIpc) is 2.68. The highest BCUT2D eigenvalue weighted by Crippen LogP contribution is 2.28. The SMILES string of the molecule is O=c1ccc2c([nH]1)CCCC2NC1C=CS(=O)(=O)C1. The van der Waals surface area contributed by atoms with E-state index >= 15 is 0 Å². The van der Waals surface area contributed by atoms with Gasteiger partial charge in [-0.3, -0.25) is 4.79 Å². The number of sulfone groups is 1. The van der Waals surface area contributed by atoms with Gasteiger partial charge in [0.05, 0.1) is 5.75 Å². The number of pyridine rings is 1. The first-order chi connectivity index (χ1) is 9.03. The van der Waals surface area contributed by atoms with Crippen molar-refractivity contribution in [3.05, 3.63) is 45.2 Å². The zero-order valence-corrected chi connectivity index (χ0v) is 11.2. The van der Waals surface area contributed by atoms with Crippen LogP contribution in [0.25, 0.3) is 0 Å². The zero-order chi connectivity index (χ0) is 13.5. The highest BCUT2D eigenvalue weighted by atomic mass is 32.2. The second-order valence-electron chi connectivity index (χ2n) is 5.13. The first-order valence-electron chi connectivity index (χ1n) is 6.43. The molecule has 0 radical (unpaired) electrons. The molecular formula is C13H16N2O3S. The fourth-order valence-electron chi connectivity index (χ4n) is 2.81. The number of hydrogen-bond acceptors (Lipinski definition) is 4. The Bertz CT molecular complexity index is 675. The maximum Gasteiger partial charge on any atom is 0.248 e. The van der Waals surface area contributed by atoms with Crippen LogP contribution in [0, 0.1) is 0 Å². The molecule has 1 aromatic heterocycles. The van der Waals surface area contributed by atoms with Crippen molar-refractivity contribution in [3.8, 4) is 0 Å². The molecule has 0 saturated carbocycles. The molecule has 102 valence electrons. The maximum atomic E-state index is 11.4. The lowest BCUT2D eigenvalue weighted by atomic mass is 9.91. The minimum Gasteiger partial charge on any atom is -0.326 e. The lowest BCUT2D eigenvalue weighted by molar-refractivity contribution is 0.437. The van der Waals surface area contributed by atoms with Crippen LogP contribution >= 0.6 is 0 Å². The summed E-state index contributed by atoms with van der Waals surface area (Å²) in [5.74, 6) is 0.127. The van der Waals surface area contributed by atoms with Crippen LogP contribution in [0.1, 0.15) is 30.1 Å². The molecule has 3 rings (SSSR count). The van der Waals surface area contributed by atoms with Crippen molar-refractivity contribution >= 4 is 9.84 Å². The van der Waals surface area contributed by atoms with Gasteiger partial charge in [-0.05, 0) is 24.8 Å². The summed E-state index contributed by atoms with van der Waals surface area (Å²) in [5, 5.41) is 4.64. The monoisotopic (exact) mass is 280 g/mol. The molecule has 19 heavy (non-hydrogen) atoms. The molecule has 1 aliphatic carbocycles. The molecule has 2 N–H and O–H groups in total. The third-order valence-electron chi connectivity index (χ3n) is 3.68. The van der Waals surface area contributed by atoms with Gasteiger partial charge in [0.25, 0.3) is 0 Å². The van der Waals surface area contributed by atoms with E-state index in [-0.39, 0.29) is 23.4 Å².